The first-order valence-electron chi connectivity index (χ1n) is 5.90. The molecule has 1 saturated heterocycles. The lowest BCUT2D eigenvalue weighted by Gasteiger charge is -2.02. The molecule has 0 bridgehead atoms. The normalized spacial score (nSPS) is 51.6. The second kappa shape index (κ2) is 1.88. The van der Waals surface area contributed by atoms with E-state index in [1.165, 1.54) is 0 Å². The van der Waals surface area contributed by atoms with Crippen molar-refractivity contribution >= 4 is 0 Å². The summed E-state index contributed by atoms with van der Waals surface area (Å²) in [6, 6.07) is 0. The van der Waals surface area contributed by atoms with Crippen LogP contribution in [0, 0.1) is 12.8 Å². The highest BCUT2D eigenvalue weighted by Gasteiger charge is 2.62. The molecule has 0 amide bonds. The minimum atomic E-state index is -1.85. The van der Waals surface area contributed by atoms with E-state index in [0.29, 0.717) is 12.2 Å². The number of hydrogen-bond donors (Lipinski definition) is 1. The van der Waals surface area contributed by atoms with Gasteiger partial charge in [-0.2, -0.15) is 4.98 Å². The van der Waals surface area contributed by atoms with E-state index in [1.807, 2.05) is 0 Å². The zero-order valence-electron chi connectivity index (χ0n) is 10.6. The van der Waals surface area contributed by atoms with Gasteiger partial charge in [-0.05, 0) is 25.8 Å². The van der Waals surface area contributed by atoms with Gasteiger partial charge in [0.2, 0.25) is 5.89 Å². The molecule has 2 atom stereocenters. The Morgan fingerprint density at radius 1 is 1.83 bits per heavy atom. The number of nitrogens with one attached hydrogen (secondary N) is 1. The Morgan fingerprint density at radius 2 is 2.75 bits per heavy atom. The van der Waals surface area contributed by atoms with E-state index in [2.05, 4.69) is 15.5 Å². The van der Waals surface area contributed by atoms with Gasteiger partial charge in [0.05, 0.1) is 5.41 Å². The maximum Gasteiger partial charge on any atom is 0.234 e. The minimum Gasteiger partial charge on any atom is -0.339 e. The van der Waals surface area contributed by atoms with Crippen LogP contribution in [-0.2, 0) is 5.41 Å². The molecule has 1 aromatic rings. The third kappa shape index (κ3) is 0.659. The summed E-state index contributed by atoms with van der Waals surface area (Å²) in [7, 11) is 0. The molecule has 0 spiro atoms. The lowest BCUT2D eigenvalue weighted by Crippen LogP contribution is -2.19. The Balaban J connectivity index is 2.09. The summed E-state index contributed by atoms with van der Waals surface area (Å²) >= 11 is 0. The first-order valence-corrected chi connectivity index (χ1v) is 3.90. The number of hydrogen-bond acceptors (Lipinski definition) is 4. The van der Waals surface area contributed by atoms with Crippen LogP contribution >= 0.6 is 0 Å². The molecule has 0 aromatic carbocycles. The quantitative estimate of drug-likeness (QED) is 0.654. The van der Waals surface area contributed by atoms with Crippen LogP contribution < -0.4 is 5.32 Å². The molecule has 1 aromatic heterocycles. The number of fused-ring (bicyclic) bond motifs is 1. The minimum absolute atomic E-state index is 0.203. The monoisotopic (exact) mass is 169 g/mol. The van der Waals surface area contributed by atoms with Crippen LogP contribution in [0.1, 0.15) is 23.6 Å². The second-order valence-electron chi connectivity index (χ2n) is 3.27. The van der Waals surface area contributed by atoms with Crippen LogP contribution in [0.5, 0.6) is 0 Å². The van der Waals surface area contributed by atoms with Crippen LogP contribution in [0.4, 0.5) is 0 Å². The number of nitrogens with zero attached hydrogens (tertiary/aromatic N) is 2. The topological polar surface area (TPSA) is 51.0 Å². The zero-order valence-corrected chi connectivity index (χ0v) is 6.59. The Hall–Kier alpha value is -0.900. The smallest absolute Gasteiger partial charge is 0.234 e. The molecular formula is C8H11N3O. The number of aryl methyl sites for hydroxylation is 1. The fraction of sp³-hybridized carbons (Fsp3) is 0.750. The van der Waals surface area contributed by atoms with Crippen LogP contribution in [0.3, 0.4) is 0 Å². The Morgan fingerprint density at radius 3 is 3.25 bits per heavy atom. The van der Waals surface area contributed by atoms with Gasteiger partial charge in [0.15, 0.2) is 5.82 Å². The van der Waals surface area contributed by atoms with Crippen LogP contribution in [-0.4, -0.2) is 23.1 Å². The van der Waals surface area contributed by atoms with Crippen LogP contribution in [0.15, 0.2) is 4.52 Å². The van der Waals surface area contributed by atoms with Gasteiger partial charge in [-0.25, -0.2) is 0 Å². The molecule has 2 heterocycles. The molecule has 2 fully saturated rings. The lowest BCUT2D eigenvalue weighted by atomic mass is 10.1. The third-order valence-corrected chi connectivity index (χ3v) is 2.40. The summed E-state index contributed by atoms with van der Waals surface area (Å²) in [5.41, 5.74) is -0.988. The summed E-state index contributed by atoms with van der Waals surface area (Å²) in [6.07, 6.45) is 0.404. The highest BCUT2D eigenvalue weighted by atomic mass is 16.5. The van der Waals surface area contributed by atoms with Gasteiger partial charge in [-0.3, -0.25) is 0 Å². The van der Waals surface area contributed by atoms with Crippen molar-refractivity contribution in [2.75, 3.05) is 13.0 Å². The molecule has 0 radical (unpaired) electrons. The summed E-state index contributed by atoms with van der Waals surface area (Å²) in [5.74, 6) is 0.210. The molecule has 1 saturated carbocycles. The van der Waals surface area contributed by atoms with Gasteiger partial charge in [0.25, 0.3) is 0 Å². The highest BCUT2D eigenvalue weighted by molar-refractivity contribution is 5.25. The summed E-state index contributed by atoms with van der Waals surface area (Å²) in [6.45, 7) is -1.90. The Labute approximate surface area is 76.0 Å². The molecule has 4 heteroatoms. The maximum absolute atomic E-state index is 7.87. The molecule has 2 unspecified atom stereocenters. The number of piperidine rings is 1. The van der Waals surface area contributed by atoms with E-state index in [9.17, 15) is 0 Å². The van der Waals surface area contributed by atoms with E-state index < -0.39 is 24.3 Å². The largest absolute Gasteiger partial charge is 0.339 e. The summed E-state index contributed by atoms with van der Waals surface area (Å²) in [5, 5.41) is 6.00. The molecule has 1 N–H and O–H groups in total. The average Bonchev–Trinajstić information content (AvgIpc) is 2.73. The van der Waals surface area contributed by atoms with Gasteiger partial charge in [-0.1, -0.05) is 5.16 Å². The molecular weight excluding hydrogens is 154 g/mol. The average molecular weight is 169 g/mol. The van der Waals surface area contributed by atoms with Crippen molar-refractivity contribution in [1.29, 1.82) is 0 Å². The molecule has 12 heavy (non-hydrogen) atoms. The first kappa shape index (κ1) is 3.87. The standard InChI is InChI=1S/C8H11N3O/c1-5-10-7(12-11-5)8-2-6(8)3-9-4-8/h6,9H,2-4H2,1H3/i3D2,4D2. The van der Waals surface area contributed by atoms with E-state index in [-0.39, 0.29) is 5.89 Å². The Kier molecular flexibility index (Phi) is 0.606. The fourth-order valence-electron chi connectivity index (χ4n) is 1.58. The van der Waals surface area contributed by atoms with Crippen molar-refractivity contribution < 1.29 is 10.0 Å². The van der Waals surface area contributed by atoms with E-state index >= 15 is 0 Å². The third-order valence-electron chi connectivity index (χ3n) is 2.40. The molecule has 4 nitrogen and oxygen atoms in total. The number of aromatic nitrogens is 2. The van der Waals surface area contributed by atoms with Gasteiger partial charge < -0.3 is 9.84 Å². The van der Waals surface area contributed by atoms with Gasteiger partial charge >= 0.3 is 0 Å². The summed E-state index contributed by atoms with van der Waals surface area (Å²) < 4.78 is 36.2. The second-order valence-corrected chi connectivity index (χ2v) is 3.27. The van der Waals surface area contributed by atoms with Crippen LogP contribution in [0.25, 0.3) is 0 Å². The van der Waals surface area contributed by atoms with Crippen molar-refractivity contribution in [3.8, 4) is 0 Å². The van der Waals surface area contributed by atoms with Crippen LogP contribution in [0.2, 0.25) is 0 Å². The number of rotatable bonds is 1. The van der Waals surface area contributed by atoms with Gasteiger partial charge in [0, 0.05) is 12.0 Å². The van der Waals surface area contributed by atoms with Crippen molar-refractivity contribution in [3.63, 3.8) is 0 Å². The first-order chi connectivity index (χ1) is 7.30. The van der Waals surface area contributed by atoms with Crippen molar-refractivity contribution in [1.82, 2.24) is 15.5 Å². The molecule has 1 aliphatic heterocycles. The maximum atomic E-state index is 7.87. The van der Waals surface area contributed by atoms with Crippen molar-refractivity contribution in [2.45, 2.75) is 18.8 Å². The van der Waals surface area contributed by atoms with Gasteiger partial charge in [0.1, 0.15) is 0 Å². The molecule has 1 aliphatic carbocycles. The molecule has 3 rings (SSSR count). The van der Waals surface area contributed by atoms with Crippen molar-refractivity contribution in [3.05, 3.63) is 11.7 Å². The molecule has 64 valence electrons. The predicted octanol–water partition coefficient (Wildman–Crippen LogP) is 0.239. The van der Waals surface area contributed by atoms with E-state index in [4.69, 9.17) is 10.0 Å². The predicted molar refractivity (Wildman–Crippen MR) is 41.7 cm³/mol. The molecule has 2 aliphatic rings. The zero-order chi connectivity index (χ0) is 11.8. The Bertz CT molecular complexity index is 460. The fourth-order valence-corrected chi connectivity index (χ4v) is 1.58. The summed E-state index contributed by atoms with van der Waals surface area (Å²) in [4.78, 5) is 4.04. The van der Waals surface area contributed by atoms with Crippen molar-refractivity contribution in [2.24, 2.45) is 5.92 Å². The van der Waals surface area contributed by atoms with Gasteiger partial charge in [-0.15, -0.1) is 0 Å². The SMILES string of the molecule is [2H]C1([2H])NC([2H])([2H])C2(c3nc(C)no3)CC12. The lowest BCUT2D eigenvalue weighted by molar-refractivity contribution is 0.343. The van der Waals surface area contributed by atoms with E-state index in [1.54, 1.807) is 6.92 Å². The van der Waals surface area contributed by atoms with E-state index in [0.717, 1.165) is 0 Å². The highest BCUT2D eigenvalue weighted by Crippen LogP contribution is 2.55.